The summed E-state index contributed by atoms with van der Waals surface area (Å²) in [4.78, 5) is 2.61. The van der Waals surface area contributed by atoms with Crippen LogP contribution in [0.3, 0.4) is 0 Å². The van der Waals surface area contributed by atoms with Crippen LogP contribution in [0, 0.1) is 0 Å². The van der Waals surface area contributed by atoms with Crippen LogP contribution >= 0.6 is 0 Å². The van der Waals surface area contributed by atoms with E-state index in [9.17, 15) is 8.42 Å². The zero-order valence-electron chi connectivity index (χ0n) is 14.5. The summed E-state index contributed by atoms with van der Waals surface area (Å²) in [6.07, 6.45) is 4.60. The third-order valence-electron chi connectivity index (χ3n) is 3.75. The fourth-order valence-electron chi connectivity index (χ4n) is 2.28. The van der Waals surface area contributed by atoms with Gasteiger partial charge in [0.1, 0.15) is 5.75 Å². The summed E-state index contributed by atoms with van der Waals surface area (Å²) in [5.41, 5.74) is 0. The van der Waals surface area contributed by atoms with E-state index in [0.717, 1.165) is 45.3 Å². The minimum atomic E-state index is -3.45. The van der Waals surface area contributed by atoms with Gasteiger partial charge in [-0.2, -0.15) is 0 Å². The van der Waals surface area contributed by atoms with Crippen molar-refractivity contribution in [3.05, 3.63) is 24.3 Å². The summed E-state index contributed by atoms with van der Waals surface area (Å²) < 4.78 is 32.3. The molecule has 0 saturated heterocycles. The SMILES string of the molecule is CCCCN(CCCC)CCNS(=O)(=O)c1ccc(OC)cc1. The van der Waals surface area contributed by atoms with Crippen molar-refractivity contribution in [3.63, 3.8) is 0 Å². The van der Waals surface area contributed by atoms with Crippen LogP contribution in [-0.2, 0) is 10.0 Å². The van der Waals surface area contributed by atoms with E-state index in [2.05, 4.69) is 23.5 Å². The zero-order chi connectivity index (χ0) is 17.1. The molecule has 0 radical (unpaired) electrons. The summed E-state index contributed by atoms with van der Waals surface area (Å²) in [6, 6.07) is 6.44. The third-order valence-corrected chi connectivity index (χ3v) is 5.22. The number of benzene rings is 1. The molecule has 132 valence electrons. The molecule has 0 spiro atoms. The standard InChI is InChI=1S/C17H30N2O3S/c1-4-6-13-19(14-7-5-2)15-12-18-23(20,21)17-10-8-16(22-3)9-11-17/h8-11,18H,4-7,12-15H2,1-3H3. The summed E-state index contributed by atoms with van der Waals surface area (Å²) in [6.45, 7) is 7.58. The highest BCUT2D eigenvalue weighted by atomic mass is 32.2. The van der Waals surface area contributed by atoms with Crippen molar-refractivity contribution in [2.75, 3.05) is 33.3 Å². The van der Waals surface area contributed by atoms with Crippen LogP contribution in [0.1, 0.15) is 39.5 Å². The molecule has 0 aromatic heterocycles. The van der Waals surface area contributed by atoms with Gasteiger partial charge in [-0.3, -0.25) is 0 Å². The molecular weight excluding hydrogens is 312 g/mol. The fraction of sp³-hybridized carbons (Fsp3) is 0.647. The second-order valence-corrected chi connectivity index (χ2v) is 7.39. The smallest absolute Gasteiger partial charge is 0.240 e. The van der Waals surface area contributed by atoms with Crippen molar-refractivity contribution in [1.82, 2.24) is 9.62 Å². The predicted octanol–water partition coefficient (Wildman–Crippen LogP) is 2.88. The average molecular weight is 343 g/mol. The Morgan fingerprint density at radius 1 is 1.00 bits per heavy atom. The monoisotopic (exact) mass is 342 g/mol. The van der Waals surface area contributed by atoms with Gasteiger partial charge in [0.15, 0.2) is 0 Å². The molecule has 0 aliphatic heterocycles. The molecule has 1 rings (SSSR count). The number of methoxy groups -OCH3 is 1. The van der Waals surface area contributed by atoms with E-state index in [1.165, 1.54) is 0 Å². The van der Waals surface area contributed by atoms with Crippen molar-refractivity contribution in [3.8, 4) is 5.75 Å². The molecule has 0 unspecified atom stereocenters. The van der Waals surface area contributed by atoms with Gasteiger partial charge in [0.2, 0.25) is 10.0 Å². The average Bonchev–Trinajstić information content (AvgIpc) is 2.56. The molecule has 0 aliphatic rings. The number of sulfonamides is 1. The minimum Gasteiger partial charge on any atom is -0.497 e. The first-order chi connectivity index (χ1) is 11.0. The first-order valence-corrected chi connectivity index (χ1v) is 9.87. The maximum absolute atomic E-state index is 12.3. The van der Waals surface area contributed by atoms with Crippen LogP contribution in [0.5, 0.6) is 5.75 Å². The molecule has 5 nitrogen and oxygen atoms in total. The molecular formula is C17H30N2O3S. The van der Waals surface area contributed by atoms with E-state index in [0.29, 0.717) is 12.3 Å². The summed E-state index contributed by atoms with van der Waals surface area (Å²) in [5, 5.41) is 0. The maximum atomic E-state index is 12.3. The van der Waals surface area contributed by atoms with Crippen LogP contribution in [0.15, 0.2) is 29.2 Å². The number of nitrogens with zero attached hydrogens (tertiary/aromatic N) is 1. The van der Waals surface area contributed by atoms with E-state index in [1.807, 2.05) is 0 Å². The topological polar surface area (TPSA) is 58.6 Å². The first-order valence-electron chi connectivity index (χ1n) is 8.39. The van der Waals surface area contributed by atoms with Crippen LogP contribution in [0.4, 0.5) is 0 Å². The molecule has 0 bridgehead atoms. The lowest BCUT2D eigenvalue weighted by molar-refractivity contribution is 0.269. The van der Waals surface area contributed by atoms with Crippen molar-refractivity contribution in [2.45, 2.75) is 44.4 Å². The second kappa shape index (κ2) is 10.6. The lowest BCUT2D eigenvalue weighted by Gasteiger charge is -2.22. The molecule has 0 aliphatic carbocycles. The van der Waals surface area contributed by atoms with Crippen LogP contribution in [0.2, 0.25) is 0 Å². The van der Waals surface area contributed by atoms with Gasteiger partial charge in [-0.15, -0.1) is 0 Å². The number of hydrogen-bond acceptors (Lipinski definition) is 4. The Kier molecular flexibility index (Phi) is 9.21. The van der Waals surface area contributed by atoms with Gasteiger partial charge in [0, 0.05) is 13.1 Å². The minimum absolute atomic E-state index is 0.270. The molecule has 0 saturated carbocycles. The fourth-order valence-corrected chi connectivity index (χ4v) is 3.30. The van der Waals surface area contributed by atoms with E-state index >= 15 is 0 Å². The Bertz CT molecular complexity index is 521. The van der Waals surface area contributed by atoms with Gasteiger partial charge in [0.05, 0.1) is 12.0 Å². The molecule has 1 N–H and O–H groups in total. The Labute approximate surface area is 141 Å². The molecule has 23 heavy (non-hydrogen) atoms. The summed E-state index contributed by atoms with van der Waals surface area (Å²) >= 11 is 0. The Hall–Kier alpha value is -1.11. The number of ether oxygens (including phenoxy) is 1. The number of hydrogen-bond donors (Lipinski definition) is 1. The highest BCUT2D eigenvalue weighted by molar-refractivity contribution is 7.89. The molecule has 0 heterocycles. The molecule has 1 aromatic rings. The number of unbranched alkanes of at least 4 members (excludes halogenated alkanes) is 2. The molecule has 0 amide bonds. The first kappa shape index (κ1) is 19.9. The van der Waals surface area contributed by atoms with Crippen molar-refractivity contribution < 1.29 is 13.2 Å². The largest absolute Gasteiger partial charge is 0.497 e. The van der Waals surface area contributed by atoms with Crippen LogP contribution in [-0.4, -0.2) is 46.6 Å². The van der Waals surface area contributed by atoms with Crippen LogP contribution < -0.4 is 9.46 Å². The normalized spacial score (nSPS) is 11.8. The van der Waals surface area contributed by atoms with E-state index in [-0.39, 0.29) is 4.90 Å². The summed E-state index contributed by atoms with van der Waals surface area (Å²) in [7, 11) is -1.90. The molecule has 0 atom stereocenters. The van der Waals surface area contributed by atoms with Gasteiger partial charge >= 0.3 is 0 Å². The van der Waals surface area contributed by atoms with Crippen LogP contribution in [0.25, 0.3) is 0 Å². The number of nitrogens with one attached hydrogen (secondary N) is 1. The van der Waals surface area contributed by atoms with Crippen molar-refractivity contribution in [2.24, 2.45) is 0 Å². The van der Waals surface area contributed by atoms with Gasteiger partial charge in [-0.25, -0.2) is 13.1 Å². The van der Waals surface area contributed by atoms with E-state index in [4.69, 9.17) is 4.74 Å². The Balaban J connectivity index is 2.52. The molecule has 0 fully saturated rings. The third kappa shape index (κ3) is 7.33. The Morgan fingerprint density at radius 2 is 1.57 bits per heavy atom. The molecule has 1 aromatic carbocycles. The molecule has 6 heteroatoms. The van der Waals surface area contributed by atoms with Gasteiger partial charge in [-0.1, -0.05) is 26.7 Å². The second-order valence-electron chi connectivity index (χ2n) is 5.62. The Morgan fingerprint density at radius 3 is 2.04 bits per heavy atom. The zero-order valence-corrected chi connectivity index (χ0v) is 15.4. The summed E-state index contributed by atoms with van der Waals surface area (Å²) in [5.74, 6) is 0.647. The highest BCUT2D eigenvalue weighted by Gasteiger charge is 2.14. The van der Waals surface area contributed by atoms with Crippen molar-refractivity contribution >= 4 is 10.0 Å². The van der Waals surface area contributed by atoms with E-state index in [1.54, 1.807) is 31.4 Å². The number of rotatable bonds is 12. The quantitative estimate of drug-likeness (QED) is 0.634. The van der Waals surface area contributed by atoms with Crippen molar-refractivity contribution in [1.29, 1.82) is 0 Å². The van der Waals surface area contributed by atoms with Gasteiger partial charge < -0.3 is 9.64 Å². The van der Waals surface area contributed by atoms with E-state index < -0.39 is 10.0 Å². The van der Waals surface area contributed by atoms with Gasteiger partial charge in [0.25, 0.3) is 0 Å². The lowest BCUT2D eigenvalue weighted by Crippen LogP contribution is -2.36. The maximum Gasteiger partial charge on any atom is 0.240 e. The van der Waals surface area contributed by atoms with Gasteiger partial charge in [-0.05, 0) is 50.2 Å². The lowest BCUT2D eigenvalue weighted by atomic mass is 10.2. The highest BCUT2D eigenvalue weighted by Crippen LogP contribution is 2.15. The predicted molar refractivity (Wildman–Crippen MR) is 94.4 cm³/mol.